The molecule has 1 aromatic carbocycles. The Hall–Kier alpha value is -1.89. The second kappa shape index (κ2) is 4.90. The van der Waals surface area contributed by atoms with Gasteiger partial charge in [-0.2, -0.15) is 0 Å². The van der Waals surface area contributed by atoms with Crippen LogP contribution in [0.5, 0.6) is 0 Å². The number of nitrogens with zero attached hydrogens (tertiary/aromatic N) is 4. The average molecular weight is 338 g/mol. The van der Waals surface area contributed by atoms with E-state index >= 15 is 0 Å². The fourth-order valence-electron chi connectivity index (χ4n) is 2.22. The molecule has 2 heterocycles. The zero-order valence-corrected chi connectivity index (χ0v) is 12.4. The topological polar surface area (TPSA) is 61.7 Å². The van der Waals surface area contributed by atoms with Crippen molar-refractivity contribution in [2.45, 2.75) is 13.0 Å². The molecule has 0 saturated heterocycles. The second-order valence-electron chi connectivity index (χ2n) is 4.58. The molecule has 0 aliphatic carbocycles. The smallest absolute Gasteiger partial charge is 0.201 e. The lowest BCUT2D eigenvalue weighted by Gasteiger charge is -2.07. The number of imidazole rings is 2. The number of aryl methyl sites for hydroxylation is 3. The Labute approximate surface area is 123 Å². The van der Waals surface area contributed by atoms with Crippen molar-refractivity contribution in [1.29, 1.82) is 0 Å². The normalized spacial score (nSPS) is 11.3. The van der Waals surface area contributed by atoms with Gasteiger partial charge in [-0.05, 0) is 22.0 Å². The standard InChI is InChI=1S/C13H13BrFN5/c1-19-5-3-17-12(19)2-4-20-11-6-8(14)9(15)7-10(11)18-13(20)16/h3,5-7H,2,4H2,1H3,(H2,16,18). The number of fused-ring (bicyclic) bond motifs is 1. The highest BCUT2D eigenvalue weighted by Crippen LogP contribution is 2.25. The first kappa shape index (κ1) is 13.1. The van der Waals surface area contributed by atoms with E-state index < -0.39 is 0 Å². The van der Waals surface area contributed by atoms with Gasteiger partial charge in [0.05, 0.1) is 15.5 Å². The van der Waals surface area contributed by atoms with Crippen molar-refractivity contribution in [2.24, 2.45) is 7.05 Å². The van der Waals surface area contributed by atoms with Gasteiger partial charge in [0.2, 0.25) is 5.95 Å². The number of hydrogen-bond acceptors (Lipinski definition) is 3. The van der Waals surface area contributed by atoms with E-state index in [4.69, 9.17) is 5.73 Å². The Kier molecular flexibility index (Phi) is 3.21. The predicted molar refractivity (Wildman–Crippen MR) is 78.7 cm³/mol. The summed E-state index contributed by atoms with van der Waals surface area (Å²) in [4.78, 5) is 8.47. The Bertz CT molecular complexity index is 777. The zero-order chi connectivity index (χ0) is 14.3. The van der Waals surface area contributed by atoms with Crippen LogP contribution in [0.4, 0.5) is 10.3 Å². The molecule has 0 radical (unpaired) electrons. The van der Waals surface area contributed by atoms with Crippen LogP contribution < -0.4 is 5.73 Å². The third-order valence-corrected chi connectivity index (χ3v) is 3.91. The lowest BCUT2D eigenvalue weighted by Crippen LogP contribution is -2.08. The molecule has 0 aliphatic rings. The minimum atomic E-state index is -0.341. The van der Waals surface area contributed by atoms with Crippen molar-refractivity contribution in [1.82, 2.24) is 19.1 Å². The summed E-state index contributed by atoms with van der Waals surface area (Å²) in [5.41, 5.74) is 7.29. The third kappa shape index (κ3) is 2.18. The number of anilines is 1. The molecule has 0 atom stereocenters. The van der Waals surface area contributed by atoms with Gasteiger partial charge in [0, 0.05) is 38.5 Å². The Balaban J connectivity index is 1.97. The number of benzene rings is 1. The van der Waals surface area contributed by atoms with E-state index in [0.717, 1.165) is 17.8 Å². The Morgan fingerprint density at radius 2 is 2.20 bits per heavy atom. The largest absolute Gasteiger partial charge is 0.369 e. The molecule has 0 fully saturated rings. The quantitative estimate of drug-likeness (QED) is 0.798. The second-order valence-corrected chi connectivity index (χ2v) is 5.44. The first-order chi connectivity index (χ1) is 9.56. The van der Waals surface area contributed by atoms with E-state index in [0.29, 0.717) is 22.5 Å². The molecule has 104 valence electrons. The molecule has 0 spiro atoms. The van der Waals surface area contributed by atoms with Crippen LogP contribution in [-0.2, 0) is 20.0 Å². The van der Waals surface area contributed by atoms with E-state index in [2.05, 4.69) is 25.9 Å². The van der Waals surface area contributed by atoms with Gasteiger partial charge in [0.25, 0.3) is 0 Å². The highest BCUT2D eigenvalue weighted by Gasteiger charge is 2.12. The van der Waals surface area contributed by atoms with Crippen LogP contribution in [0.25, 0.3) is 11.0 Å². The summed E-state index contributed by atoms with van der Waals surface area (Å²) in [5, 5.41) is 0. The van der Waals surface area contributed by atoms with Crippen molar-refractivity contribution < 1.29 is 4.39 Å². The molecule has 0 unspecified atom stereocenters. The Morgan fingerprint density at radius 3 is 2.90 bits per heavy atom. The SMILES string of the molecule is Cn1ccnc1CCn1c(N)nc2cc(F)c(Br)cc21. The summed E-state index contributed by atoms with van der Waals surface area (Å²) in [6.07, 6.45) is 4.39. The first-order valence-corrected chi connectivity index (χ1v) is 6.92. The molecular formula is C13H13BrFN5. The summed E-state index contributed by atoms with van der Waals surface area (Å²) in [7, 11) is 1.95. The number of aromatic nitrogens is 4. The lowest BCUT2D eigenvalue weighted by molar-refractivity contribution is 0.622. The molecule has 2 aromatic heterocycles. The maximum atomic E-state index is 13.5. The van der Waals surface area contributed by atoms with Gasteiger partial charge in [-0.1, -0.05) is 0 Å². The minimum Gasteiger partial charge on any atom is -0.369 e. The van der Waals surface area contributed by atoms with Gasteiger partial charge in [-0.3, -0.25) is 0 Å². The maximum Gasteiger partial charge on any atom is 0.201 e. The van der Waals surface area contributed by atoms with Crippen molar-refractivity contribution in [3.8, 4) is 0 Å². The number of rotatable bonds is 3. The molecule has 0 aliphatic heterocycles. The molecule has 2 N–H and O–H groups in total. The minimum absolute atomic E-state index is 0.341. The van der Waals surface area contributed by atoms with Gasteiger partial charge < -0.3 is 14.9 Å². The van der Waals surface area contributed by atoms with E-state index in [1.807, 2.05) is 22.4 Å². The number of hydrogen-bond donors (Lipinski definition) is 1. The van der Waals surface area contributed by atoms with Gasteiger partial charge in [-0.15, -0.1) is 0 Å². The van der Waals surface area contributed by atoms with E-state index in [9.17, 15) is 4.39 Å². The predicted octanol–water partition coefficient (Wildman–Crippen LogP) is 2.50. The average Bonchev–Trinajstić information content (AvgIpc) is 2.92. The van der Waals surface area contributed by atoms with Crippen LogP contribution in [-0.4, -0.2) is 19.1 Å². The van der Waals surface area contributed by atoms with Crippen molar-refractivity contribution in [2.75, 3.05) is 5.73 Å². The van der Waals surface area contributed by atoms with Gasteiger partial charge in [0.15, 0.2) is 0 Å². The molecule has 0 amide bonds. The molecular weight excluding hydrogens is 325 g/mol. The molecule has 5 nitrogen and oxygen atoms in total. The number of nitrogens with two attached hydrogens (primary N) is 1. The van der Waals surface area contributed by atoms with Crippen LogP contribution >= 0.6 is 15.9 Å². The van der Waals surface area contributed by atoms with E-state index in [-0.39, 0.29) is 5.82 Å². The zero-order valence-electron chi connectivity index (χ0n) is 10.8. The highest BCUT2D eigenvalue weighted by atomic mass is 79.9. The van der Waals surface area contributed by atoms with Crippen LogP contribution in [0.3, 0.4) is 0 Å². The summed E-state index contributed by atoms with van der Waals surface area (Å²) in [6.45, 7) is 0.644. The fourth-order valence-corrected chi connectivity index (χ4v) is 2.55. The molecule has 0 bridgehead atoms. The molecule has 20 heavy (non-hydrogen) atoms. The van der Waals surface area contributed by atoms with Crippen LogP contribution in [0.2, 0.25) is 0 Å². The van der Waals surface area contributed by atoms with Crippen molar-refractivity contribution in [3.63, 3.8) is 0 Å². The van der Waals surface area contributed by atoms with Gasteiger partial charge in [-0.25, -0.2) is 14.4 Å². The van der Waals surface area contributed by atoms with E-state index in [1.54, 1.807) is 12.3 Å². The summed E-state index contributed by atoms with van der Waals surface area (Å²) < 4.78 is 17.7. The van der Waals surface area contributed by atoms with E-state index in [1.165, 1.54) is 6.07 Å². The first-order valence-electron chi connectivity index (χ1n) is 6.13. The fraction of sp³-hybridized carbons (Fsp3) is 0.231. The van der Waals surface area contributed by atoms with Crippen LogP contribution in [0.1, 0.15) is 5.82 Å². The molecule has 0 saturated carbocycles. The van der Waals surface area contributed by atoms with Gasteiger partial charge >= 0.3 is 0 Å². The molecule has 7 heteroatoms. The number of halogens is 2. The van der Waals surface area contributed by atoms with Crippen molar-refractivity contribution in [3.05, 3.63) is 40.6 Å². The van der Waals surface area contributed by atoms with Crippen LogP contribution in [0, 0.1) is 5.82 Å². The summed E-state index contributed by atoms with van der Waals surface area (Å²) >= 11 is 3.19. The monoisotopic (exact) mass is 337 g/mol. The highest BCUT2D eigenvalue weighted by molar-refractivity contribution is 9.10. The molecule has 3 aromatic rings. The summed E-state index contributed by atoms with van der Waals surface area (Å²) in [6, 6.07) is 3.08. The Morgan fingerprint density at radius 1 is 1.40 bits per heavy atom. The lowest BCUT2D eigenvalue weighted by atomic mass is 10.3. The van der Waals surface area contributed by atoms with Gasteiger partial charge in [0.1, 0.15) is 11.6 Å². The third-order valence-electron chi connectivity index (χ3n) is 3.30. The van der Waals surface area contributed by atoms with Crippen molar-refractivity contribution >= 4 is 32.9 Å². The van der Waals surface area contributed by atoms with Crippen LogP contribution in [0.15, 0.2) is 29.0 Å². The maximum absolute atomic E-state index is 13.5. The number of nitrogen functional groups attached to an aromatic ring is 1. The molecule has 3 rings (SSSR count). The summed E-state index contributed by atoms with van der Waals surface area (Å²) in [5.74, 6) is 1.00.